The van der Waals surface area contributed by atoms with E-state index in [1.165, 1.54) is 33.8 Å². The molecule has 196 valence electrons. The molecule has 4 heterocycles. The van der Waals surface area contributed by atoms with Crippen molar-refractivity contribution >= 4 is 69.9 Å². The topological polar surface area (TPSA) is 163 Å². The molecule has 12 nitrogen and oxygen atoms in total. The number of carbonyl (C=O) groups is 4. The normalized spacial score (nSPS) is 21.1. The van der Waals surface area contributed by atoms with Gasteiger partial charge in [0.25, 0.3) is 11.8 Å². The van der Waals surface area contributed by atoms with Crippen LogP contribution in [0.1, 0.15) is 18.5 Å². The van der Waals surface area contributed by atoms with Crippen LogP contribution in [0.25, 0.3) is 0 Å². The minimum Gasteiger partial charge on any atom is -0.477 e. The number of hydrogen-bond donors (Lipinski definition) is 3. The Labute approximate surface area is 228 Å². The maximum Gasteiger partial charge on any atom is 0.352 e. The summed E-state index contributed by atoms with van der Waals surface area (Å²) in [7, 11) is 0. The van der Waals surface area contributed by atoms with Crippen LogP contribution in [-0.4, -0.2) is 73.2 Å². The average Bonchev–Trinajstić information content (AvgIpc) is 3.64. The molecule has 15 heteroatoms. The number of nitrogens with zero attached hydrogens (tertiary/aromatic N) is 4. The Morgan fingerprint density at radius 2 is 2.18 bits per heavy atom. The van der Waals surface area contributed by atoms with Gasteiger partial charge in [-0.25, -0.2) is 9.78 Å². The lowest BCUT2D eigenvalue weighted by atomic mass is 10.0. The van der Waals surface area contributed by atoms with Crippen LogP contribution < -0.4 is 10.6 Å². The molecule has 2 fully saturated rings. The first kappa shape index (κ1) is 25.9. The number of carboxylic acids is 1. The predicted molar refractivity (Wildman–Crippen MR) is 141 cm³/mol. The van der Waals surface area contributed by atoms with Gasteiger partial charge in [0.2, 0.25) is 6.41 Å². The summed E-state index contributed by atoms with van der Waals surface area (Å²) in [6.45, 7) is 0. The van der Waals surface area contributed by atoms with Crippen molar-refractivity contribution in [2.75, 3.05) is 11.1 Å². The maximum absolute atomic E-state index is 13.1. The minimum atomic E-state index is -1.22. The summed E-state index contributed by atoms with van der Waals surface area (Å²) in [5.41, 5.74) is 0.430. The molecule has 1 saturated carbocycles. The van der Waals surface area contributed by atoms with E-state index in [9.17, 15) is 24.3 Å². The number of aliphatic carboxylic acids is 1. The van der Waals surface area contributed by atoms with Crippen LogP contribution in [0.2, 0.25) is 0 Å². The van der Waals surface area contributed by atoms with Crippen LogP contribution in [0.5, 0.6) is 0 Å². The Balaban J connectivity index is 1.30. The molecule has 1 aliphatic carbocycles. The fourth-order valence-electron chi connectivity index (χ4n) is 3.60. The molecular weight excluding hydrogens is 552 g/mol. The van der Waals surface area contributed by atoms with Crippen molar-refractivity contribution in [2.24, 2.45) is 5.16 Å². The van der Waals surface area contributed by atoms with Crippen molar-refractivity contribution in [2.45, 2.75) is 35.3 Å². The van der Waals surface area contributed by atoms with Gasteiger partial charge in [0.15, 0.2) is 10.8 Å². The fourth-order valence-corrected chi connectivity index (χ4v) is 6.24. The van der Waals surface area contributed by atoms with Crippen LogP contribution in [0.4, 0.5) is 5.13 Å². The highest BCUT2D eigenvalue weighted by Gasteiger charge is 2.54. The molecule has 2 atom stereocenters. The summed E-state index contributed by atoms with van der Waals surface area (Å²) >= 11 is 3.84. The highest BCUT2D eigenvalue weighted by atomic mass is 32.2. The van der Waals surface area contributed by atoms with Gasteiger partial charge in [-0.2, -0.15) is 0 Å². The quantitative estimate of drug-likeness (QED) is 0.119. The van der Waals surface area contributed by atoms with E-state index >= 15 is 0 Å². The van der Waals surface area contributed by atoms with Crippen molar-refractivity contribution < 1.29 is 29.1 Å². The van der Waals surface area contributed by atoms with E-state index in [4.69, 9.17) is 4.84 Å². The number of rotatable bonds is 11. The van der Waals surface area contributed by atoms with Crippen molar-refractivity contribution in [3.8, 4) is 0 Å². The number of fused-ring (bicyclic) bond motifs is 1. The third kappa shape index (κ3) is 5.58. The molecule has 1 saturated heterocycles. The number of anilines is 1. The van der Waals surface area contributed by atoms with E-state index in [0.717, 1.165) is 29.1 Å². The molecule has 0 aromatic carbocycles. The van der Waals surface area contributed by atoms with Crippen LogP contribution in [0.15, 0.2) is 62.7 Å². The number of thiazole rings is 1. The minimum absolute atomic E-state index is 0.0789. The van der Waals surface area contributed by atoms with Crippen molar-refractivity contribution in [3.63, 3.8) is 0 Å². The van der Waals surface area contributed by atoms with Crippen LogP contribution in [0, 0.1) is 0 Å². The zero-order chi connectivity index (χ0) is 26.6. The summed E-state index contributed by atoms with van der Waals surface area (Å²) < 4.78 is 0. The largest absolute Gasteiger partial charge is 0.477 e. The molecule has 38 heavy (non-hydrogen) atoms. The van der Waals surface area contributed by atoms with Gasteiger partial charge in [0, 0.05) is 28.4 Å². The Morgan fingerprint density at radius 3 is 2.89 bits per heavy atom. The number of β-lactam (4-membered cyclic amide) rings is 1. The smallest absolute Gasteiger partial charge is 0.352 e. The van der Waals surface area contributed by atoms with Crippen LogP contribution >= 0.6 is 34.9 Å². The SMILES string of the molecule is O=CNc1nc(C(=NOC2CC2)C(=O)N[C@@H]2C(=O)N3C(C(=O)O)=C(C=CSc4cccnc4)CS[C@@H]23)cs1. The number of aromatic nitrogens is 2. The number of oxime groups is 1. The molecule has 0 bridgehead atoms. The number of hydrogen-bond acceptors (Lipinski definition) is 11. The summed E-state index contributed by atoms with van der Waals surface area (Å²) in [5, 5.41) is 21.9. The van der Waals surface area contributed by atoms with E-state index in [-0.39, 0.29) is 28.3 Å². The Hall–Kier alpha value is -3.69. The van der Waals surface area contributed by atoms with Gasteiger partial charge in [-0.05, 0) is 42.0 Å². The van der Waals surface area contributed by atoms with E-state index < -0.39 is 29.2 Å². The lowest BCUT2D eigenvalue weighted by molar-refractivity contribution is -0.150. The zero-order valence-corrected chi connectivity index (χ0v) is 21.9. The number of amides is 3. The number of nitrogens with one attached hydrogen (secondary N) is 2. The summed E-state index contributed by atoms with van der Waals surface area (Å²) in [6.07, 6.45) is 7.07. The van der Waals surface area contributed by atoms with Gasteiger partial charge in [-0.1, -0.05) is 16.9 Å². The third-order valence-corrected chi connectivity index (χ3v) is 8.42. The second-order valence-corrected chi connectivity index (χ2v) is 11.1. The summed E-state index contributed by atoms with van der Waals surface area (Å²) in [5.74, 6) is -2.11. The van der Waals surface area contributed by atoms with Gasteiger partial charge >= 0.3 is 5.97 Å². The van der Waals surface area contributed by atoms with Gasteiger partial charge in [0.1, 0.15) is 28.9 Å². The van der Waals surface area contributed by atoms with Gasteiger partial charge < -0.3 is 20.6 Å². The van der Waals surface area contributed by atoms with E-state index in [1.54, 1.807) is 29.9 Å². The number of carbonyl (C=O) groups excluding carboxylic acids is 3. The van der Waals surface area contributed by atoms with E-state index in [0.29, 0.717) is 17.7 Å². The molecule has 2 aromatic heterocycles. The molecule has 5 rings (SSSR count). The fraction of sp³-hybridized carbons (Fsp3) is 0.261. The van der Waals surface area contributed by atoms with Gasteiger partial charge in [-0.15, -0.1) is 23.1 Å². The second kappa shape index (κ2) is 11.4. The Kier molecular flexibility index (Phi) is 7.76. The summed E-state index contributed by atoms with van der Waals surface area (Å²) in [6, 6.07) is 2.73. The molecule has 2 aliphatic heterocycles. The molecular formula is C23H20N6O6S3. The van der Waals surface area contributed by atoms with Crippen LogP contribution in [0.3, 0.4) is 0 Å². The molecule has 0 spiro atoms. The lowest BCUT2D eigenvalue weighted by Gasteiger charge is -2.49. The maximum atomic E-state index is 13.1. The first-order valence-corrected chi connectivity index (χ1v) is 14.1. The zero-order valence-electron chi connectivity index (χ0n) is 19.5. The molecule has 0 unspecified atom stereocenters. The van der Waals surface area contributed by atoms with Gasteiger partial charge in [-0.3, -0.25) is 24.3 Å². The Morgan fingerprint density at radius 1 is 1.34 bits per heavy atom. The van der Waals surface area contributed by atoms with Gasteiger partial charge in [0.05, 0.1) is 0 Å². The number of carboxylic acid groups (broad SMARTS) is 1. The molecule has 0 radical (unpaired) electrons. The lowest BCUT2D eigenvalue weighted by Crippen LogP contribution is -2.71. The van der Waals surface area contributed by atoms with E-state index in [1.807, 2.05) is 6.07 Å². The monoisotopic (exact) mass is 572 g/mol. The van der Waals surface area contributed by atoms with Crippen molar-refractivity contribution in [3.05, 3.63) is 58.4 Å². The third-order valence-electron chi connectivity index (χ3n) is 5.56. The second-order valence-electron chi connectivity index (χ2n) is 8.19. The standard InChI is InChI=1S/C23H20N6O6S3/c30-11-25-23-26-15(10-38-23)16(28-35-13-3-4-13)19(31)27-17-20(32)29-18(22(33)34)12(9-37-21(17)29)5-7-36-14-2-1-6-24-8-14/h1-2,5-8,10-11,13,17,21H,3-4,9H2,(H,27,31)(H,33,34)(H,25,26,30)/t17-,21+/m1/s1. The highest BCUT2D eigenvalue weighted by Crippen LogP contribution is 2.41. The van der Waals surface area contributed by atoms with Crippen molar-refractivity contribution in [1.29, 1.82) is 0 Å². The summed E-state index contributed by atoms with van der Waals surface area (Å²) in [4.78, 5) is 64.7. The Bertz CT molecular complexity index is 1360. The van der Waals surface area contributed by atoms with Crippen molar-refractivity contribution in [1.82, 2.24) is 20.2 Å². The number of allylic oxidation sites excluding steroid dienone is 1. The molecule has 3 N–H and O–H groups in total. The number of pyridine rings is 1. The first-order valence-electron chi connectivity index (χ1n) is 11.3. The predicted octanol–water partition coefficient (Wildman–Crippen LogP) is 2.03. The highest BCUT2D eigenvalue weighted by molar-refractivity contribution is 8.02. The molecule has 2 aromatic rings. The molecule has 3 amide bonds. The van der Waals surface area contributed by atoms with Crippen LogP contribution in [-0.2, 0) is 24.0 Å². The molecule has 3 aliphatic rings. The van der Waals surface area contributed by atoms with E-state index in [2.05, 4.69) is 25.8 Å². The number of thioether (sulfide) groups is 2. The average molecular weight is 573 g/mol. The first-order chi connectivity index (χ1) is 18.5.